The van der Waals surface area contributed by atoms with Gasteiger partial charge in [0, 0.05) is 41.5 Å². The van der Waals surface area contributed by atoms with E-state index >= 15 is 0 Å². The molecular weight excluding hydrogens is 398 g/mol. The molecule has 2 aromatic heterocycles. The van der Waals surface area contributed by atoms with Gasteiger partial charge in [0.25, 0.3) is 0 Å². The quantitative estimate of drug-likeness (QED) is 0.418. The summed E-state index contributed by atoms with van der Waals surface area (Å²) < 4.78 is 6.62. The van der Waals surface area contributed by atoms with Crippen LogP contribution in [-0.4, -0.2) is 40.4 Å². The highest BCUT2D eigenvalue weighted by atomic mass is 16.4. The maximum absolute atomic E-state index is 9.27. The summed E-state index contributed by atoms with van der Waals surface area (Å²) in [6.45, 7) is 3.63. The van der Waals surface area contributed by atoms with Gasteiger partial charge < -0.3 is 14.5 Å². The first-order valence-corrected chi connectivity index (χ1v) is 11.9. The largest absolute Gasteiger partial charge is 0.460 e. The number of piperidine rings is 1. The van der Waals surface area contributed by atoms with E-state index in [0.29, 0.717) is 5.92 Å². The minimum absolute atomic E-state index is 0.474. The molecule has 0 spiro atoms. The van der Waals surface area contributed by atoms with Crippen LogP contribution in [0.2, 0.25) is 0 Å². The van der Waals surface area contributed by atoms with Crippen LogP contribution in [-0.2, 0) is 6.42 Å². The smallest absolute Gasteiger partial charge is 0.142 e. The lowest BCUT2D eigenvalue weighted by Gasteiger charge is -2.31. The summed E-state index contributed by atoms with van der Waals surface area (Å²) in [6.07, 6.45) is 10.5. The third kappa shape index (κ3) is 3.75. The van der Waals surface area contributed by atoms with Gasteiger partial charge in [0.15, 0.2) is 0 Å². The van der Waals surface area contributed by atoms with Crippen LogP contribution in [0.25, 0.3) is 22.5 Å². The molecule has 0 amide bonds. The van der Waals surface area contributed by atoms with Crippen LogP contribution in [0.4, 0.5) is 0 Å². The minimum Gasteiger partial charge on any atom is -0.460 e. The lowest BCUT2D eigenvalue weighted by molar-refractivity contribution is 0.196. The molecule has 1 saturated carbocycles. The lowest BCUT2D eigenvalue weighted by atomic mass is 9.93. The zero-order valence-corrected chi connectivity index (χ0v) is 18.3. The fourth-order valence-electron chi connectivity index (χ4n) is 5.35. The highest BCUT2D eigenvalue weighted by Gasteiger charge is 2.29. The van der Waals surface area contributed by atoms with Gasteiger partial charge in [0.2, 0.25) is 0 Å². The fourth-order valence-corrected chi connectivity index (χ4v) is 5.35. The number of rotatable bonds is 5. The molecule has 3 aliphatic rings. The van der Waals surface area contributed by atoms with E-state index in [9.17, 15) is 5.21 Å². The Morgan fingerprint density at radius 2 is 1.75 bits per heavy atom. The lowest BCUT2D eigenvalue weighted by Crippen LogP contribution is -2.34. The highest BCUT2D eigenvalue weighted by molar-refractivity contribution is 6.04. The second-order valence-electron chi connectivity index (χ2n) is 9.56. The normalized spacial score (nSPS) is 20.7. The Kier molecular flexibility index (Phi) is 5.07. The Balaban J connectivity index is 1.33. The van der Waals surface area contributed by atoms with Crippen LogP contribution < -0.4 is 0 Å². The molecule has 0 radical (unpaired) electrons. The zero-order chi connectivity index (χ0) is 21.5. The molecule has 6 rings (SSSR count). The number of likely N-dealkylation sites (tertiary alicyclic amines) is 1. The monoisotopic (exact) mass is 427 g/mol. The third-order valence-electron chi connectivity index (χ3n) is 7.38. The molecule has 32 heavy (non-hydrogen) atoms. The maximum Gasteiger partial charge on any atom is 0.142 e. The number of benzene rings is 1. The second kappa shape index (κ2) is 8.21. The van der Waals surface area contributed by atoms with Crippen molar-refractivity contribution in [2.45, 2.75) is 44.4 Å². The number of hydrogen-bond acceptors (Lipinski definition) is 5. The van der Waals surface area contributed by atoms with Crippen LogP contribution >= 0.6 is 0 Å². The topological polar surface area (TPSA) is 61.9 Å². The van der Waals surface area contributed by atoms with Crippen LogP contribution in [0.3, 0.4) is 0 Å². The summed E-state index contributed by atoms with van der Waals surface area (Å²) in [7, 11) is 0. The molecule has 1 N–H and O–H groups in total. The van der Waals surface area contributed by atoms with Crippen LogP contribution in [0, 0.1) is 5.92 Å². The van der Waals surface area contributed by atoms with E-state index < -0.39 is 0 Å². The predicted octanol–water partition coefficient (Wildman–Crippen LogP) is 5.72. The predicted molar refractivity (Wildman–Crippen MR) is 125 cm³/mol. The van der Waals surface area contributed by atoms with Crippen LogP contribution in [0.15, 0.2) is 58.4 Å². The van der Waals surface area contributed by atoms with Gasteiger partial charge in [-0.3, -0.25) is 4.98 Å². The Labute approximate surface area is 188 Å². The van der Waals surface area contributed by atoms with E-state index in [1.165, 1.54) is 38.0 Å². The molecule has 2 fully saturated rings. The molecule has 2 aliphatic carbocycles. The van der Waals surface area contributed by atoms with Crippen molar-refractivity contribution in [3.63, 3.8) is 0 Å². The summed E-state index contributed by atoms with van der Waals surface area (Å²) in [5.74, 6) is 3.47. The van der Waals surface area contributed by atoms with Crippen LogP contribution in [0.5, 0.6) is 0 Å². The van der Waals surface area contributed by atoms with E-state index in [4.69, 9.17) is 4.42 Å². The maximum atomic E-state index is 9.27. The van der Waals surface area contributed by atoms with Gasteiger partial charge in [0.05, 0.1) is 5.71 Å². The number of hydrogen-bond donors (Lipinski definition) is 1. The first-order chi connectivity index (χ1) is 15.8. The van der Waals surface area contributed by atoms with Crippen molar-refractivity contribution in [1.29, 1.82) is 0 Å². The van der Waals surface area contributed by atoms with Gasteiger partial charge in [-0.05, 0) is 92.9 Å². The third-order valence-corrected chi connectivity index (χ3v) is 7.38. The van der Waals surface area contributed by atoms with E-state index in [-0.39, 0.29) is 0 Å². The molecule has 164 valence electrons. The van der Waals surface area contributed by atoms with Gasteiger partial charge in [-0.15, -0.1) is 0 Å². The Hall–Kier alpha value is -2.92. The van der Waals surface area contributed by atoms with Crippen molar-refractivity contribution in [2.24, 2.45) is 11.1 Å². The molecule has 0 bridgehead atoms. The number of fused-ring (bicyclic) bond motifs is 1. The van der Waals surface area contributed by atoms with E-state index in [0.717, 1.165) is 71.1 Å². The standard InChI is InChI=1S/C27H29N3O2/c31-29-25-6-4-21-15-22(3-5-23(21)25)27-24(19-7-11-28-12-8-19)16-26(32-27)20-9-13-30(14-10-20)17-18-1-2-18/h3,5,7-8,11-12,15-16,18,20,31H,1-2,4,6,9-10,13-14,17H2. The Morgan fingerprint density at radius 1 is 0.938 bits per heavy atom. The van der Waals surface area contributed by atoms with E-state index in [2.05, 4.69) is 51.4 Å². The van der Waals surface area contributed by atoms with E-state index in [1.807, 2.05) is 12.4 Å². The molecule has 5 heteroatoms. The molecule has 0 atom stereocenters. The SMILES string of the molecule is ON=C1CCc2cc(-c3oc(C4CCN(CC5CC5)CC4)cc3-c3ccncc3)ccc21. The minimum atomic E-state index is 0.474. The number of nitrogens with zero attached hydrogens (tertiary/aromatic N) is 3. The number of aryl methyl sites for hydroxylation is 1. The summed E-state index contributed by atoms with van der Waals surface area (Å²) in [5, 5.41) is 12.7. The van der Waals surface area contributed by atoms with Crippen molar-refractivity contribution in [3.05, 3.63) is 65.7 Å². The number of pyridine rings is 1. The number of aromatic nitrogens is 1. The van der Waals surface area contributed by atoms with Crippen molar-refractivity contribution < 1.29 is 9.62 Å². The van der Waals surface area contributed by atoms with Gasteiger partial charge in [-0.25, -0.2) is 0 Å². The molecule has 1 aliphatic heterocycles. The number of oxime groups is 1. The first kappa shape index (κ1) is 19.7. The molecular formula is C27H29N3O2. The first-order valence-electron chi connectivity index (χ1n) is 11.9. The van der Waals surface area contributed by atoms with Gasteiger partial charge in [-0.1, -0.05) is 17.3 Å². The van der Waals surface area contributed by atoms with Gasteiger partial charge in [0.1, 0.15) is 11.5 Å². The van der Waals surface area contributed by atoms with Gasteiger partial charge in [-0.2, -0.15) is 0 Å². The number of furan rings is 1. The molecule has 5 nitrogen and oxygen atoms in total. The average molecular weight is 428 g/mol. The van der Waals surface area contributed by atoms with E-state index in [1.54, 1.807) is 0 Å². The zero-order valence-electron chi connectivity index (χ0n) is 18.3. The average Bonchev–Trinajstić information content (AvgIpc) is 3.39. The van der Waals surface area contributed by atoms with Crippen molar-refractivity contribution in [2.75, 3.05) is 19.6 Å². The molecule has 3 aromatic rings. The Bertz CT molecular complexity index is 1140. The summed E-state index contributed by atoms with van der Waals surface area (Å²) in [5.41, 5.74) is 6.41. The summed E-state index contributed by atoms with van der Waals surface area (Å²) in [4.78, 5) is 6.84. The summed E-state index contributed by atoms with van der Waals surface area (Å²) in [6, 6.07) is 12.8. The van der Waals surface area contributed by atoms with Crippen LogP contribution in [0.1, 0.15) is 54.9 Å². The van der Waals surface area contributed by atoms with Crippen molar-refractivity contribution in [1.82, 2.24) is 9.88 Å². The van der Waals surface area contributed by atoms with Crippen molar-refractivity contribution in [3.8, 4) is 22.5 Å². The van der Waals surface area contributed by atoms with Crippen molar-refractivity contribution >= 4 is 5.71 Å². The van der Waals surface area contributed by atoms with Gasteiger partial charge >= 0.3 is 0 Å². The highest BCUT2D eigenvalue weighted by Crippen LogP contribution is 2.41. The fraction of sp³-hybridized carbons (Fsp3) is 0.407. The molecule has 0 unspecified atom stereocenters. The second-order valence-corrected chi connectivity index (χ2v) is 9.56. The molecule has 1 saturated heterocycles. The molecule has 1 aromatic carbocycles. The molecule has 3 heterocycles. The summed E-state index contributed by atoms with van der Waals surface area (Å²) >= 11 is 0. The Morgan fingerprint density at radius 3 is 2.50 bits per heavy atom.